The molecule has 0 spiro atoms. The van der Waals surface area contributed by atoms with Crippen molar-refractivity contribution in [1.29, 1.82) is 0 Å². The maximum Gasteiger partial charge on any atom is 0.0233 e. The van der Waals surface area contributed by atoms with E-state index in [-0.39, 0.29) is 0 Å². The summed E-state index contributed by atoms with van der Waals surface area (Å²) in [6.07, 6.45) is 0.942. The lowest BCUT2D eigenvalue weighted by molar-refractivity contribution is 0.228. The van der Waals surface area contributed by atoms with Crippen LogP contribution in [0.5, 0.6) is 0 Å². The zero-order valence-corrected chi connectivity index (χ0v) is 10.9. The maximum absolute atomic E-state index is 4.22. The van der Waals surface area contributed by atoms with Crippen LogP contribution in [0.1, 0.15) is 33.3 Å². The van der Waals surface area contributed by atoms with Gasteiger partial charge in [-0.3, -0.25) is 0 Å². The van der Waals surface area contributed by atoms with Gasteiger partial charge in [0.25, 0.3) is 0 Å². The van der Waals surface area contributed by atoms with Crippen LogP contribution in [-0.2, 0) is 6.42 Å². The van der Waals surface area contributed by atoms with Crippen molar-refractivity contribution in [2.75, 3.05) is 0 Å². The molecule has 0 atom stereocenters. The Hall–Kier alpha value is -1.24. The van der Waals surface area contributed by atoms with Crippen LogP contribution in [0.15, 0.2) is 42.6 Å². The molecule has 0 radical (unpaired) electrons. The van der Waals surface area contributed by atoms with Gasteiger partial charge in [0.2, 0.25) is 0 Å². The van der Waals surface area contributed by atoms with Gasteiger partial charge in [0.1, 0.15) is 0 Å². The summed E-state index contributed by atoms with van der Waals surface area (Å²) in [5.41, 5.74) is 2.54. The Morgan fingerprint density at radius 1 is 1.06 bits per heavy atom. The number of allylic oxidation sites excluding steroid dienone is 1. The Labute approximate surface area is 99.8 Å². The maximum atomic E-state index is 4.22. The Morgan fingerprint density at radius 2 is 1.56 bits per heavy atom. The van der Waals surface area contributed by atoms with Gasteiger partial charge < -0.3 is 4.90 Å². The van der Waals surface area contributed by atoms with E-state index in [4.69, 9.17) is 0 Å². The number of hydrogen-bond acceptors (Lipinski definition) is 1. The van der Waals surface area contributed by atoms with Crippen LogP contribution in [0.3, 0.4) is 0 Å². The van der Waals surface area contributed by atoms with Crippen molar-refractivity contribution in [3.8, 4) is 0 Å². The third kappa shape index (κ3) is 3.41. The van der Waals surface area contributed by atoms with Gasteiger partial charge in [-0.05, 0) is 33.3 Å². The van der Waals surface area contributed by atoms with Crippen molar-refractivity contribution in [2.45, 2.75) is 46.2 Å². The molecule has 0 bridgehead atoms. The summed E-state index contributed by atoms with van der Waals surface area (Å²) >= 11 is 0. The highest BCUT2D eigenvalue weighted by atomic mass is 15.2. The number of hydrogen-bond donors (Lipinski definition) is 0. The second-order valence-electron chi connectivity index (χ2n) is 4.82. The lowest BCUT2D eigenvalue weighted by Gasteiger charge is -2.34. The average Bonchev–Trinajstić information content (AvgIpc) is 2.17. The summed E-state index contributed by atoms with van der Waals surface area (Å²) in [6, 6.07) is 11.5. The zero-order valence-electron chi connectivity index (χ0n) is 10.9. The quantitative estimate of drug-likeness (QED) is 0.724. The fraction of sp³-hybridized carbons (Fsp3) is 0.467. The molecule has 0 aromatic heterocycles. The first-order chi connectivity index (χ1) is 7.52. The summed E-state index contributed by atoms with van der Waals surface area (Å²) in [4.78, 5) is 2.38. The molecule has 1 aromatic carbocycles. The lowest BCUT2D eigenvalue weighted by atomic mass is 10.1. The Kier molecular flexibility index (Phi) is 4.60. The Bertz CT molecular complexity index is 317. The van der Waals surface area contributed by atoms with Crippen molar-refractivity contribution in [3.63, 3.8) is 0 Å². The van der Waals surface area contributed by atoms with Crippen LogP contribution in [0.25, 0.3) is 0 Å². The third-order valence-electron chi connectivity index (χ3n) is 2.73. The molecule has 1 rings (SSSR count). The second kappa shape index (κ2) is 5.74. The molecule has 0 saturated carbocycles. The SMILES string of the molecule is C=C(Cc1ccccc1)N(C(C)C)C(C)C. The molecule has 0 unspecified atom stereocenters. The van der Waals surface area contributed by atoms with Gasteiger partial charge in [0, 0.05) is 24.2 Å². The normalized spacial score (nSPS) is 10.9. The van der Waals surface area contributed by atoms with Gasteiger partial charge >= 0.3 is 0 Å². The van der Waals surface area contributed by atoms with E-state index in [9.17, 15) is 0 Å². The molecule has 0 saturated heterocycles. The van der Waals surface area contributed by atoms with Crippen molar-refractivity contribution >= 4 is 0 Å². The van der Waals surface area contributed by atoms with E-state index in [2.05, 4.69) is 69.5 Å². The summed E-state index contributed by atoms with van der Waals surface area (Å²) in [5.74, 6) is 0. The molecule has 0 fully saturated rings. The molecule has 88 valence electrons. The van der Waals surface area contributed by atoms with Crippen LogP contribution < -0.4 is 0 Å². The molecule has 16 heavy (non-hydrogen) atoms. The van der Waals surface area contributed by atoms with E-state index in [0.717, 1.165) is 6.42 Å². The smallest absolute Gasteiger partial charge is 0.0233 e. The van der Waals surface area contributed by atoms with Crippen molar-refractivity contribution < 1.29 is 0 Å². The highest BCUT2D eigenvalue weighted by Gasteiger charge is 2.14. The highest BCUT2D eigenvalue weighted by molar-refractivity contribution is 5.20. The summed E-state index contributed by atoms with van der Waals surface area (Å²) < 4.78 is 0. The fourth-order valence-electron chi connectivity index (χ4n) is 2.25. The van der Waals surface area contributed by atoms with Crippen LogP contribution in [0.2, 0.25) is 0 Å². The fourth-order valence-corrected chi connectivity index (χ4v) is 2.25. The zero-order chi connectivity index (χ0) is 12.1. The molecule has 0 aliphatic carbocycles. The predicted octanol–water partition coefficient (Wildman–Crippen LogP) is 3.86. The average molecular weight is 217 g/mol. The van der Waals surface area contributed by atoms with Gasteiger partial charge in [0.05, 0.1) is 0 Å². The number of benzene rings is 1. The monoisotopic (exact) mass is 217 g/mol. The van der Waals surface area contributed by atoms with Gasteiger partial charge in [-0.2, -0.15) is 0 Å². The molecule has 0 heterocycles. The minimum Gasteiger partial charge on any atom is -0.370 e. The van der Waals surface area contributed by atoms with Crippen molar-refractivity contribution in [3.05, 3.63) is 48.2 Å². The summed E-state index contributed by atoms with van der Waals surface area (Å²) in [5, 5.41) is 0. The molecular weight excluding hydrogens is 194 g/mol. The predicted molar refractivity (Wildman–Crippen MR) is 71.4 cm³/mol. The molecule has 0 N–H and O–H groups in total. The first-order valence-corrected chi connectivity index (χ1v) is 6.02. The van der Waals surface area contributed by atoms with Crippen molar-refractivity contribution in [1.82, 2.24) is 4.90 Å². The lowest BCUT2D eigenvalue weighted by Crippen LogP contribution is -2.36. The summed E-state index contributed by atoms with van der Waals surface area (Å²) in [7, 11) is 0. The molecule has 0 aliphatic rings. The first kappa shape index (κ1) is 12.8. The molecule has 0 amide bonds. The van der Waals surface area contributed by atoms with E-state index < -0.39 is 0 Å². The molecule has 1 heteroatoms. The number of rotatable bonds is 5. The van der Waals surface area contributed by atoms with E-state index >= 15 is 0 Å². The van der Waals surface area contributed by atoms with E-state index in [1.54, 1.807) is 0 Å². The molecule has 0 aliphatic heterocycles. The minimum atomic E-state index is 0.510. The Balaban J connectivity index is 2.70. The van der Waals surface area contributed by atoms with Crippen molar-refractivity contribution in [2.24, 2.45) is 0 Å². The van der Waals surface area contributed by atoms with Gasteiger partial charge in [-0.1, -0.05) is 36.9 Å². The van der Waals surface area contributed by atoms with Crippen LogP contribution >= 0.6 is 0 Å². The van der Waals surface area contributed by atoms with Gasteiger partial charge in [-0.25, -0.2) is 0 Å². The topological polar surface area (TPSA) is 3.24 Å². The first-order valence-electron chi connectivity index (χ1n) is 6.02. The van der Waals surface area contributed by atoms with Gasteiger partial charge in [0.15, 0.2) is 0 Å². The van der Waals surface area contributed by atoms with Crippen LogP contribution in [0, 0.1) is 0 Å². The molecule has 1 nitrogen and oxygen atoms in total. The highest BCUT2D eigenvalue weighted by Crippen LogP contribution is 2.16. The second-order valence-corrected chi connectivity index (χ2v) is 4.82. The Morgan fingerprint density at radius 3 is 2.00 bits per heavy atom. The van der Waals surface area contributed by atoms with Gasteiger partial charge in [-0.15, -0.1) is 0 Å². The summed E-state index contributed by atoms with van der Waals surface area (Å²) in [6.45, 7) is 13.1. The third-order valence-corrected chi connectivity index (χ3v) is 2.73. The minimum absolute atomic E-state index is 0.510. The molecular formula is C15H23N. The largest absolute Gasteiger partial charge is 0.370 e. The van der Waals surface area contributed by atoms with E-state index in [0.29, 0.717) is 12.1 Å². The van der Waals surface area contributed by atoms with Crippen LogP contribution in [0.4, 0.5) is 0 Å². The van der Waals surface area contributed by atoms with Crippen LogP contribution in [-0.4, -0.2) is 17.0 Å². The standard InChI is InChI=1S/C15H23N/c1-12(2)16(13(3)4)14(5)11-15-9-7-6-8-10-15/h6-10,12-13H,5,11H2,1-4H3. The number of nitrogens with zero attached hydrogens (tertiary/aromatic N) is 1. The van der Waals surface area contributed by atoms with E-state index in [1.807, 2.05) is 0 Å². The van der Waals surface area contributed by atoms with E-state index in [1.165, 1.54) is 11.3 Å². The molecule has 1 aromatic rings.